The highest BCUT2D eigenvalue weighted by molar-refractivity contribution is 7.99. The summed E-state index contributed by atoms with van der Waals surface area (Å²) in [6.07, 6.45) is 0. The van der Waals surface area contributed by atoms with Crippen molar-refractivity contribution >= 4 is 40.7 Å². The molecular formula is C13H9Cl2NO3S. The van der Waals surface area contributed by atoms with Gasteiger partial charge in [-0.05, 0) is 23.8 Å². The van der Waals surface area contributed by atoms with Gasteiger partial charge in [-0.3, -0.25) is 10.1 Å². The Morgan fingerprint density at radius 1 is 1.15 bits per heavy atom. The van der Waals surface area contributed by atoms with E-state index < -0.39 is 4.92 Å². The van der Waals surface area contributed by atoms with Gasteiger partial charge in [0.05, 0.1) is 26.5 Å². The van der Waals surface area contributed by atoms with Crippen molar-refractivity contribution in [2.75, 3.05) is 0 Å². The summed E-state index contributed by atoms with van der Waals surface area (Å²) in [5, 5.41) is 20.4. The number of nitrogens with zero attached hydrogens (tertiary/aromatic N) is 1. The fourth-order valence-electron chi connectivity index (χ4n) is 1.53. The molecule has 4 nitrogen and oxygen atoms in total. The topological polar surface area (TPSA) is 63.4 Å². The fourth-order valence-corrected chi connectivity index (χ4v) is 2.86. The van der Waals surface area contributed by atoms with Crippen LogP contribution in [0.2, 0.25) is 10.0 Å². The van der Waals surface area contributed by atoms with E-state index in [0.717, 1.165) is 10.5 Å². The van der Waals surface area contributed by atoms with Gasteiger partial charge in [0.15, 0.2) is 0 Å². The third-order valence-electron chi connectivity index (χ3n) is 2.53. The SMILES string of the molecule is O=[N+]([O-])c1cc(Cl)c(Cl)cc1Sc1ccc(CO)cc1. The Bertz CT molecular complexity index is 647. The van der Waals surface area contributed by atoms with Crippen molar-refractivity contribution in [3.05, 3.63) is 62.1 Å². The predicted octanol–water partition coefficient (Wildman–Crippen LogP) is 4.55. The van der Waals surface area contributed by atoms with Crippen molar-refractivity contribution in [3.63, 3.8) is 0 Å². The molecule has 2 aromatic carbocycles. The summed E-state index contributed by atoms with van der Waals surface area (Å²) < 4.78 is 0. The molecule has 0 unspecified atom stereocenters. The lowest BCUT2D eigenvalue weighted by Crippen LogP contribution is -1.91. The maximum absolute atomic E-state index is 11.0. The van der Waals surface area contributed by atoms with E-state index in [1.165, 1.54) is 23.9 Å². The zero-order valence-corrected chi connectivity index (χ0v) is 12.4. The Morgan fingerprint density at radius 2 is 1.75 bits per heavy atom. The van der Waals surface area contributed by atoms with Gasteiger partial charge in [0.2, 0.25) is 0 Å². The number of aliphatic hydroxyl groups excluding tert-OH is 1. The number of aliphatic hydroxyl groups is 1. The number of benzene rings is 2. The van der Waals surface area contributed by atoms with Gasteiger partial charge in [-0.25, -0.2) is 0 Å². The molecule has 0 atom stereocenters. The Hall–Kier alpha value is -1.27. The van der Waals surface area contributed by atoms with Crippen LogP contribution in [0.1, 0.15) is 5.56 Å². The third-order valence-corrected chi connectivity index (χ3v) is 4.31. The first-order valence-electron chi connectivity index (χ1n) is 5.52. The normalized spacial score (nSPS) is 10.6. The molecule has 0 aliphatic carbocycles. The van der Waals surface area contributed by atoms with Crippen LogP contribution < -0.4 is 0 Å². The van der Waals surface area contributed by atoms with Gasteiger partial charge in [0, 0.05) is 11.0 Å². The van der Waals surface area contributed by atoms with Crippen LogP contribution in [0.25, 0.3) is 0 Å². The van der Waals surface area contributed by atoms with E-state index in [-0.39, 0.29) is 22.3 Å². The molecule has 1 N–H and O–H groups in total. The molecule has 0 amide bonds. The lowest BCUT2D eigenvalue weighted by molar-refractivity contribution is -0.387. The average Bonchev–Trinajstić information content (AvgIpc) is 2.43. The lowest BCUT2D eigenvalue weighted by atomic mass is 10.2. The van der Waals surface area contributed by atoms with Crippen LogP contribution >= 0.6 is 35.0 Å². The van der Waals surface area contributed by atoms with Crippen LogP contribution in [0.5, 0.6) is 0 Å². The number of hydrogen-bond acceptors (Lipinski definition) is 4. The van der Waals surface area contributed by atoms with Crippen LogP contribution in [0, 0.1) is 10.1 Å². The lowest BCUT2D eigenvalue weighted by Gasteiger charge is -2.05. The molecule has 0 saturated heterocycles. The Balaban J connectivity index is 2.36. The second kappa shape index (κ2) is 6.45. The van der Waals surface area contributed by atoms with Gasteiger partial charge in [-0.2, -0.15) is 0 Å². The average molecular weight is 330 g/mol. The molecule has 2 rings (SSSR count). The van der Waals surface area contributed by atoms with Crippen LogP contribution in [-0.2, 0) is 6.61 Å². The highest BCUT2D eigenvalue weighted by atomic mass is 35.5. The Kier molecular flexibility index (Phi) is 4.88. The quantitative estimate of drug-likeness (QED) is 0.660. The van der Waals surface area contributed by atoms with Crippen molar-refractivity contribution in [2.24, 2.45) is 0 Å². The molecule has 0 heterocycles. The summed E-state index contributed by atoms with van der Waals surface area (Å²) in [6, 6.07) is 9.79. The fraction of sp³-hybridized carbons (Fsp3) is 0.0769. The van der Waals surface area contributed by atoms with E-state index in [1.807, 2.05) is 0 Å². The molecule has 2 aromatic rings. The van der Waals surface area contributed by atoms with Gasteiger partial charge in [0.25, 0.3) is 5.69 Å². The van der Waals surface area contributed by atoms with E-state index >= 15 is 0 Å². The zero-order chi connectivity index (χ0) is 14.7. The molecule has 0 aliphatic heterocycles. The van der Waals surface area contributed by atoms with Gasteiger partial charge in [-0.1, -0.05) is 47.1 Å². The maximum atomic E-state index is 11.0. The minimum absolute atomic E-state index is 0.0438. The van der Waals surface area contributed by atoms with Gasteiger partial charge >= 0.3 is 0 Å². The first-order chi connectivity index (χ1) is 9.51. The minimum Gasteiger partial charge on any atom is -0.392 e. The molecule has 0 aliphatic rings. The van der Waals surface area contributed by atoms with Crippen molar-refractivity contribution in [3.8, 4) is 0 Å². The van der Waals surface area contributed by atoms with E-state index in [0.29, 0.717) is 4.90 Å². The standard InChI is InChI=1S/C13H9Cl2NO3S/c14-10-5-12(16(18)19)13(6-11(10)15)20-9-3-1-8(7-17)2-4-9/h1-6,17H,7H2. The summed E-state index contributed by atoms with van der Waals surface area (Å²) in [4.78, 5) is 11.8. The predicted molar refractivity (Wildman–Crippen MR) is 79.6 cm³/mol. The van der Waals surface area contributed by atoms with Gasteiger partial charge in [-0.15, -0.1) is 0 Å². The number of hydrogen-bond donors (Lipinski definition) is 1. The summed E-state index contributed by atoms with van der Waals surface area (Å²) in [7, 11) is 0. The van der Waals surface area contributed by atoms with Crippen LogP contribution in [0.3, 0.4) is 0 Å². The summed E-state index contributed by atoms with van der Waals surface area (Å²) in [5.74, 6) is 0. The molecule has 0 bridgehead atoms. The number of halogens is 2. The first-order valence-corrected chi connectivity index (χ1v) is 7.09. The molecule has 0 aromatic heterocycles. The number of rotatable bonds is 4. The van der Waals surface area contributed by atoms with Crippen molar-refractivity contribution in [1.82, 2.24) is 0 Å². The molecule has 0 saturated carbocycles. The van der Waals surface area contributed by atoms with E-state index in [9.17, 15) is 10.1 Å². The second-order valence-electron chi connectivity index (χ2n) is 3.90. The Morgan fingerprint density at radius 3 is 2.30 bits per heavy atom. The van der Waals surface area contributed by atoms with Gasteiger partial charge in [0.1, 0.15) is 0 Å². The van der Waals surface area contributed by atoms with E-state index in [1.54, 1.807) is 24.3 Å². The summed E-state index contributed by atoms with van der Waals surface area (Å²) in [5.41, 5.74) is 0.689. The van der Waals surface area contributed by atoms with Crippen LogP contribution in [0.4, 0.5) is 5.69 Å². The number of nitro groups is 1. The molecule has 104 valence electrons. The minimum atomic E-state index is -0.493. The molecular weight excluding hydrogens is 321 g/mol. The molecule has 7 heteroatoms. The molecule has 0 radical (unpaired) electrons. The van der Waals surface area contributed by atoms with E-state index in [2.05, 4.69) is 0 Å². The highest BCUT2D eigenvalue weighted by Crippen LogP contribution is 2.39. The third kappa shape index (κ3) is 3.43. The number of nitro benzene ring substituents is 1. The van der Waals surface area contributed by atoms with E-state index in [4.69, 9.17) is 28.3 Å². The Labute approximate surface area is 129 Å². The molecule has 0 fully saturated rings. The van der Waals surface area contributed by atoms with Crippen molar-refractivity contribution in [1.29, 1.82) is 0 Å². The van der Waals surface area contributed by atoms with Crippen LogP contribution in [0.15, 0.2) is 46.2 Å². The highest BCUT2D eigenvalue weighted by Gasteiger charge is 2.18. The van der Waals surface area contributed by atoms with Crippen molar-refractivity contribution < 1.29 is 10.0 Å². The second-order valence-corrected chi connectivity index (χ2v) is 5.83. The first kappa shape index (κ1) is 15.1. The zero-order valence-electron chi connectivity index (χ0n) is 10.0. The largest absolute Gasteiger partial charge is 0.392 e. The molecule has 20 heavy (non-hydrogen) atoms. The summed E-state index contributed by atoms with van der Waals surface area (Å²) in [6.45, 7) is -0.0438. The maximum Gasteiger partial charge on any atom is 0.284 e. The molecule has 0 spiro atoms. The van der Waals surface area contributed by atoms with Crippen LogP contribution in [-0.4, -0.2) is 10.0 Å². The monoisotopic (exact) mass is 329 g/mol. The smallest absolute Gasteiger partial charge is 0.284 e. The van der Waals surface area contributed by atoms with Crippen molar-refractivity contribution in [2.45, 2.75) is 16.4 Å². The summed E-state index contributed by atoms with van der Waals surface area (Å²) >= 11 is 12.9. The van der Waals surface area contributed by atoms with Gasteiger partial charge < -0.3 is 5.11 Å².